The molecule has 0 radical (unpaired) electrons. The van der Waals surface area contributed by atoms with E-state index in [0.717, 1.165) is 36.9 Å². The van der Waals surface area contributed by atoms with Crippen LogP contribution in [0.4, 0.5) is 5.13 Å². The van der Waals surface area contributed by atoms with Crippen LogP contribution in [0.2, 0.25) is 0 Å². The molecule has 1 aliphatic heterocycles. The van der Waals surface area contributed by atoms with Gasteiger partial charge in [0.1, 0.15) is 11.5 Å². The number of rotatable bonds is 4. The summed E-state index contributed by atoms with van der Waals surface area (Å²) >= 11 is 1.46. The van der Waals surface area contributed by atoms with E-state index in [1.807, 2.05) is 0 Å². The highest BCUT2D eigenvalue weighted by atomic mass is 32.1. The molecule has 1 fully saturated rings. The van der Waals surface area contributed by atoms with Gasteiger partial charge in [0.2, 0.25) is 5.13 Å². The number of amides is 1. The van der Waals surface area contributed by atoms with Gasteiger partial charge < -0.3 is 10.2 Å². The van der Waals surface area contributed by atoms with Crippen molar-refractivity contribution >= 4 is 22.6 Å². The molecule has 0 atom stereocenters. The predicted octanol–water partition coefficient (Wildman–Crippen LogP) is 1.85. The average Bonchev–Trinajstić information content (AvgIpc) is 3.07. The van der Waals surface area contributed by atoms with E-state index in [1.54, 1.807) is 6.20 Å². The maximum atomic E-state index is 12.1. The van der Waals surface area contributed by atoms with E-state index in [0.29, 0.717) is 11.6 Å². The van der Waals surface area contributed by atoms with Crippen molar-refractivity contribution in [2.75, 3.05) is 18.0 Å². The van der Waals surface area contributed by atoms with Gasteiger partial charge in [0.15, 0.2) is 0 Å². The lowest BCUT2D eigenvalue weighted by atomic mass is 10.1. The Hall–Kier alpha value is -2.09. The second kappa shape index (κ2) is 6.99. The molecule has 8 heteroatoms. The second-order valence-electron chi connectivity index (χ2n) is 5.92. The smallest absolute Gasteiger partial charge is 0.271 e. The Morgan fingerprint density at radius 3 is 2.74 bits per heavy atom. The van der Waals surface area contributed by atoms with E-state index in [1.165, 1.54) is 23.9 Å². The van der Waals surface area contributed by atoms with Crippen LogP contribution in [0.3, 0.4) is 0 Å². The van der Waals surface area contributed by atoms with Crippen LogP contribution in [-0.2, 0) is 0 Å². The summed E-state index contributed by atoms with van der Waals surface area (Å²) in [5.74, 6) is 1.10. The number of nitrogens with zero attached hydrogens (tertiary/aromatic N) is 5. The van der Waals surface area contributed by atoms with Crippen molar-refractivity contribution in [2.45, 2.75) is 38.6 Å². The number of anilines is 1. The van der Waals surface area contributed by atoms with E-state index >= 15 is 0 Å². The molecule has 0 unspecified atom stereocenters. The number of nitrogens with one attached hydrogen (secondary N) is 1. The molecule has 0 aromatic carbocycles. The number of hydrogen-bond donors (Lipinski definition) is 1. The molecule has 1 saturated heterocycles. The molecule has 3 rings (SSSR count). The molecule has 3 heterocycles. The molecule has 1 N–H and O–H groups in total. The van der Waals surface area contributed by atoms with Gasteiger partial charge in [-0.15, -0.1) is 0 Å². The monoisotopic (exact) mass is 332 g/mol. The van der Waals surface area contributed by atoms with Crippen LogP contribution in [0.5, 0.6) is 0 Å². The lowest BCUT2D eigenvalue weighted by Gasteiger charge is -2.31. The van der Waals surface area contributed by atoms with Gasteiger partial charge >= 0.3 is 0 Å². The fourth-order valence-electron chi connectivity index (χ4n) is 2.48. The zero-order valence-corrected chi connectivity index (χ0v) is 14.1. The standard InChI is InChI=1S/C15H20N6OS/c1-10(2)13-19-15(23-20-13)21-7-3-11(4-8-21)18-14(22)12-9-16-5-6-17-12/h5-6,9-11H,3-4,7-8H2,1-2H3,(H,18,22). The quantitative estimate of drug-likeness (QED) is 0.920. The first-order chi connectivity index (χ1) is 11.1. The van der Waals surface area contributed by atoms with Crippen LogP contribution in [0.25, 0.3) is 0 Å². The minimum Gasteiger partial charge on any atom is -0.348 e. The number of aromatic nitrogens is 4. The van der Waals surface area contributed by atoms with Gasteiger partial charge in [-0.1, -0.05) is 13.8 Å². The van der Waals surface area contributed by atoms with E-state index in [4.69, 9.17) is 0 Å². The molecule has 7 nitrogen and oxygen atoms in total. The number of carbonyl (C=O) groups is 1. The molecule has 1 aliphatic rings. The minimum absolute atomic E-state index is 0.158. The Labute approximate surface area is 139 Å². The highest BCUT2D eigenvalue weighted by Crippen LogP contribution is 2.24. The summed E-state index contributed by atoms with van der Waals surface area (Å²) < 4.78 is 4.40. The third-order valence-corrected chi connectivity index (χ3v) is 4.64. The van der Waals surface area contributed by atoms with Crippen LogP contribution in [-0.4, -0.2) is 44.4 Å². The summed E-state index contributed by atoms with van der Waals surface area (Å²) in [6.45, 7) is 5.94. The highest BCUT2D eigenvalue weighted by Gasteiger charge is 2.24. The third-order valence-electron chi connectivity index (χ3n) is 3.84. The second-order valence-corrected chi connectivity index (χ2v) is 6.65. The predicted molar refractivity (Wildman–Crippen MR) is 88.7 cm³/mol. The summed E-state index contributed by atoms with van der Waals surface area (Å²) in [6, 6.07) is 0.165. The first-order valence-corrected chi connectivity index (χ1v) is 8.56. The zero-order valence-electron chi connectivity index (χ0n) is 13.3. The Kier molecular flexibility index (Phi) is 4.80. The van der Waals surface area contributed by atoms with E-state index in [-0.39, 0.29) is 11.9 Å². The molecule has 23 heavy (non-hydrogen) atoms. The van der Waals surface area contributed by atoms with Gasteiger partial charge in [-0.05, 0) is 12.8 Å². The van der Waals surface area contributed by atoms with E-state index in [2.05, 4.69) is 43.4 Å². The number of carbonyl (C=O) groups excluding carboxylic acids is 1. The van der Waals surface area contributed by atoms with Crippen molar-refractivity contribution in [1.29, 1.82) is 0 Å². The first-order valence-electron chi connectivity index (χ1n) is 7.79. The van der Waals surface area contributed by atoms with Crippen molar-refractivity contribution in [2.24, 2.45) is 0 Å². The van der Waals surface area contributed by atoms with Gasteiger partial charge in [-0.3, -0.25) is 9.78 Å². The fourth-order valence-corrected chi connectivity index (χ4v) is 3.34. The van der Waals surface area contributed by atoms with Crippen LogP contribution in [0.15, 0.2) is 18.6 Å². The summed E-state index contributed by atoms with van der Waals surface area (Å²) in [5, 5.41) is 4.01. The Morgan fingerprint density at radius 2 is 2.13 bits per heavy atom. The molecule has 1 amide bonds. The zero-order chi connectivity index (χ0) is 16.2. The molecule has 122 valence electrons. The summed E-state index contributed by atoms with van der Waals surface area (Å²) in [5.41, 5.74) is 0.362. The molecule has 0 spiro atoms. The molecular weight excluding hydrogens is 312 g/mol. The van der Waals surface area contributed by atoms with Gasteiger partial charge in [-0.2, -0.15) is 4.37 Å². The topological polar surface area (TPSA) is 83.9 Å². The van der Waals surface area contributed by atoms with Gasteiger partial charge in [0.05, 0.1) is 6.20 Å². The molecule has 0 aliphatic carbocycles. The van der Waals surface area contributed by atoms with Crippen molar-refractivity contribution in [3.63, 3.8) is 0 Å². The third kappa shape index (κ3) is 3.82. The van der Waals surface area contributed by atoms with E-state index < -0.39 is 0 Å². The molecule has 2 aromatic heterocycles. The fraction of sp³-hybridized carbons (Fsp3) is 0.533. The van der Waals surface area contributed by atoms with Crippen molar-refractivity contribution in [3.05, 3.63) is 30.1 Å². The number of hydrogen-bond acceptors (Lipinski definition) is 7. The van der Waals surface area contributed by atoms with Crippen LogP contribution >= 0.6 is 11.5 Å². The summed E-state index contributed by atoms with van der Waals surface area (Å²) in [7, 11) is 0. The Morgan fingerprint density at radius 1 is 1.35 bits per heavy atom. The molecular formula is C15H20N6OS. The molecule has 0 bridgehead atoms. The van der Waals surface area contributed by atoms with Crippen molar-refractivity contribution in [3.8, 4) is 0 Å². The lowest BCUT2D eigenvalue weighted by molar-refractivity contribution is 0.0925. The Bertz CT molecular complexity index is 651. The average molecular weight is 332 g/mol. The first kappa shape index (κ1) is 15.8. The highest BCUT2D eigenvalue weighted by molar-refractivity contribution is 7.09. The SMILES string of the molecule is CC(C)c1nsc(N2CCC(NC(=O)c3cnccn3)CC2)n1. The molecule has 0 saturated carbocycles. The summed E-state index contributed by atoms with van der Waals surface area (Å²) in [4.78, 5) is 26.9. The maximum Gasteiger partial charge on any atom is 0.271 e. The molecule has 2 aromatic rings. The van der Waals surface area contributed by atoms with Crippen LogP contribution in [0, 0.1) is 0 Å². The Balaban J connectivity index is 1.53. The van der Waals surface area contributed by atoms with Crippen molar-refractivity contribution < 1.29 is 4.79 Å². The van der Waals surface area contributed by atoms with Gasteiger partial charge in [0.25, 0.3) is 5.91 Å². The largest absolute Gasteiger partial charge is 0.348 e. The maximum absolute atomic E-state index is 12.1. The minimum atomic E-state index is -0.158. The lowest BCUT2D eigenvalue weighted by Crippen LogP contribution is -2.44. The normalized spacial score (nSPS) is 15.9. The van der Waals surface area contributed by atoms with E-state index in [9.17, 15) is 4.79 Å². The number of piperidine rings is 1. The van der Waals surface area contributed by atoms with Crippen LogP contribution in [0.1, 0.15) is 48.9 Å². The van der Waals surface area contributed by atoms with Gasteiger partial charge in [-0.25, -0.2) is 9.97 Å². The summed E-state index contributed by atoms with van der Waals surface area (Å²) in [6.07, 6.45) is 6.35. The van der Waals surface area contributed by atoms with Gasteiger partial charge in [0, 0.05) is 49.0 Å². The van der Waals surface area contributed by atoms with Crippen molar-refractivity contribution in [1.82, 2.24) is 24.6 Å². The van der Waals surface area contributed by atoms with Crippen LogP contribution < -0.4 is 10.2 Å².